The molecule has 4 N–H and O–H groups in total. The molecule has 1 fully saturated rings. The Morgan fingerprint density at radius 3 is 2.31 bits per heavy atom. The topological polar surface area (TPSA) is 94.1 Å². The Kier molecular flexibility index (Phi) is 6.77. The van der Waals surface area contributed by atoms with Crippen molar-refractivity contribution in [3.63, 3.8) is 0 Å². The van der Waals surface area contributed by atoms with Crippen molar-refractivity contribution < 1.29 is 19.6 Å². The lowest BCUT2D eigenvalue weighted by atomic mass is 9.75. The van der Waals surface area contributed by atoms with Crippen molar-refractivity contribution in [2.24, 2.45) is 0 Å². The van der Waals surface area contributed by atoms with E-state index in [0.29, 0.717) is 5.46 Å². The first-order valence-corrected chi connectivity index (χ1v) is 12.1. The molecule has 1 aliphatic carbocycles. The molecule has 1 heterocycles. The molecule has 8 heteroatoms. The Bertz CT molecular complexity index is 1180. The molecule has 0 bridgehead atoms. The SMILES string of the molecule is Cc1c(B(O)O)cc(CNC(=O)OCC2c3ccccc3-c3ccccc32)cc1N1CCNCC1. The zero-order valence-electron chi connectivity index (χ0n) is 19.8. The quantitative estimate of drug-likeness (QED) is 0.412. The van der Waals surface area contributed by atoms with Crippen LogP contribution in [0.5, 0.6) is 0 Å². The summed E-state index contributed by atoms with van der Waals surface area (Å²) in [4.78, 5) is 14.8. The molecule has 1 aliphatic heterocycles. The first kappa shape index (κ1) is 23.4. The number of anilines is 1. The van der Waals surface area contributed by atoms with Crippen LogP contribution in [0.3, 0.4) is 0 Å². The summed E-state index contributed by atoms with van der Waals surface area (Å²) in [5.41, 5.74) is 7.75. The average molecular weight is 471 g/mol. The van der Waals surface area contributed by atoms with Gasteiger partial charge in [-0.25, -0.2) is 4.79 Å². The second-order valence-electron chi connectivity index (χ2n) is 9.12. The molecular weight excluding hydrogens is 441 g/mol. The van der Waals surface area contributed by atoms with Crippen molar-refractivity contribution in [1.82, 2.24) is 10.6 Å². The van der Waals surface area contributed by atoms with Crippen LogP contribution in [0.4, 0.5) is 10.5 Å². The Labute approximate surface area is 205 Å². The molecule has 0 saturated carbocycles. The standard InChI is InChI=1S/C27H30BN3O4/c1-18-25(28(33)34)14-19(15-26(18)31-12-10-29-11-13-31)16-30-27(32)35-17-24-22-8-4-2-6-20(22)21-7-3-5-9-23(21)24/h2-9,14-15,24,29,33-34H,10-13,16-17H2,1H3,(H,30,32). The van der Waals surface area contributed by atoms with Gasteiger partial charge in [0.2, 0.25) is 0 Å². The number of rotatable bonds is 6. The summed E-state index contributed by atoms with van der Waals surface area (Å²) in [5.74, 6) is 0.00276. The van der Waals surface area contributed by atoms with E-state index in [9.17, 15) is 14.8 Å². The van der Waals surface area contributed by atoms with E-state index in [1.54, 1.807) is 6.07 Å². The Hall–Kier alpha value is -3.33. The van der Waals surface area contributed by atoms with Crippen LogP contribution >= 0.6 is 0 Å². The van der Waals surface area contributed by atoms with Crippen molar-refractivity contribution >= 4 is 24.4 Å². The fraction of sp³-hybridized carbons (Fsp3) is 0.296. The molecule has 0 atom stereocenters. The van der Waals surface area contributed by atoms with Gasteiger partial charge in [0.15, 0.2) is 0 Å². The van der Waals surface area contributed by atoms with Gasteiger partial charge >= 0.3 is 13.2 Å². The third kappa shape index (κ3) is 4.78. The molecular formula is C27H30BN3O4. The summed E-state index contributed by atoms with van der Waals surface area (Å²) < 4.78 is 5.64. The largest absolute Gasteiger partial charge is 0.488 e. The maximum absolute atomic E-state index is 12.6. The third-order valence-corrected chi connectivity index (χ3v) is 7.00. The predicted octanol–water partition coefficient (Wildman–Crippen LogP) is 2.12. The minimum atomic E-state index is -1.58. The number of amides is 1. The third-order valence-electron chi connectivity index (χ3n) is 7.00. The van der Waals surface area contributed by atoms with E-state index in [2.05, 4.69) is 39.8 Å². The van der Waals surface area contributed by atoms with Gasteiger partial charge in [-0.15, -0.1) is 0 Å². The number of benzene rings is 3. The van der Waals surface area contributed by atoms with Gasteiger partial charge in [0, 0.05) is 44.3 Å². The maximum Gasteiger partial charge on any atom is 0.488 e. The van der Waals surface area contributed by atoms with E-state index in [-0.39, 0.29) is 19.1 Å². The van der Waals surface area contributed by atoms with Gasteiger partial charge in [0.1, 0.15) is 6.61 Å². The molecule has 0 radical (unpaired) electrons. The second kappa shape index (κ2) is 10.1. The van der Waals surface area contributed by atoms with Crippen LogP contribution in [-0.2, 0) is 11.3 Å². The van der Waals surface area contributed by atoms with Gasteiger partial charge in [-0.1, -0.05) is 54.6 Å². The Morgan fingerprint density at radius 2 is 1.69 bits per heavy atom. The molecule has 2 aliphatic rings. The van der Waals surface area contributed by atoms with Crippen molar-refractivity contribution in [3.8, 4) is 11.1 Å². The number of carbonyl (C=O) groups is 1. The molecule has 0 aromatic heterocycles. The highest BCUT2D eigenvalue weighted by Crippen LogP contribution is 2.44. The number of alkyl carbamates (subject to hydrolysis) is 1. The highest BCUT2D eigenvalue weighted by Gasteiger charge is 2.29. The molecule has 3 aromatic carbocycles. The first-order valence-electron chi connectivity index (χ1n) is 12.1. The second-order valence-corrected chi connectivity index (χ2v) is 9.12. The van der Waals surface area contributed by atoms with Crippen LogP contribution in [0.1, 0.15) is 28.2 Å². The summed E-state index contributed by atoms with van der Waals surface area (Å²) in [6, 6.07) is 20.2. The summed E-state index contributed by atoms with van der Waals surface area (Å²) in [7, 11) is -1.58. The summed E-state index contributed by atoms with van der Waals surface area (Å²) in [6.45, 7) is 5.80. The predicted molar refractivity (Wildman–Crippen MR) is 138 cm³/mol. The van der Waals surface area contributed by atoms with Gasteiger partial charge in [0.25, 0.3) is 0 Å². The minimum Gasteiger partial charge on any atom is -0.449 e. The monoisotopic (exact) mass is 471 g/mol. The van der Waals surface area contributed by atoms with Gasteiger partial charge in [0.05, 0.1) is 0 Å². The highest BCUT2D eigenvalue weighted by atomic mass is 16.5. The number of hydrogen-bond donors (Lipinski definition) is 4. The van der Waals surface area contributed by atoms with E-state index in [1.807, 2.05) is 37.3 Å². The molecule has 180 valence electrons. The van der Waals surface area contributed by atoms with Crippen LogP contribution in [0, 0.1) is 6.92 Å². The summed E-state index contributed by atoms with van der Waals surface area (Å²) >= 11 is 0. The van der Waals surface area contributed by atoms with Crippen LogP contribution in [0.15, 0.2) is 60.7 Å². The molecule has 3 aromatic rings. The number of piperazine rings is 1. The Balaban J connectivity index is 1.27. The minimum absolute atomic E-state index is 0.00276. The number of hydrogen-bond acceptors (Lipinski definition) is 6. The zero-order chi connectivity index (χ0) is 24.4. The normalized spacial score (nSPS) is 14.9. The van der Waals surface area contributed by atoms with E-state index in [4.69, 9.17) is 4.74 Å². The number of ether oxygens (including phenoxy) is 1. The van der Waals surface area contributed by atoms with Crippen molar-refractivity contribution in [1.29, 1.82) is 0 Å². The average Bonchev–Trinajstić information content (AvgIpc) is 3.21. The summed E-state index contributed by atoms with van der Waals surface area (Å²) in [5, 5.41) is 26.0. The highest BCUT2D eigenvalue weighted by molar-refractivity contribution is 6.59. The van der Waals surface area contributed by atoms with E-state index in [1.165, 1.54) is 22.3 Å². The maximum atomic E-state index is 12.6. The molecule has 35 heavy (non-hydrogen) atoms. The molecule has 0 spiro atoms. The smallest absolute Gasteiger partial charge is 0.449 e. The number of nitrogens with one attached hydrogen (secondary N) is 2. The molecule has 1 amide bonds. The first-order chi connectivity index (χ1) is 17.0. The zero-order valence-corrected chi connectivity index (χ0v) is 19.8. The molecule has 0 unspecified atom stereocenters. The van der Waals surface area contributed by atoms with Crippen LogP contribution in [0.2, 0.25) is 0 Å². The number of carbonyl (C=O) groups excluding carboxylic acids is 1. The fourth-order valence-corrected chi connectivity index (χ4v) is 5.21. The van der Waals surface area contributed by atoms with Crippen LogP contribution in [-0.4, -0.2) is 56.0 Å². The Morgan fingerprint density at radius 1 is 1.06 bits per heavy atom. The van der Waals surface area contributed by atoms with Gasteiger partial charge < -0.3 is 30.3 Å². The van der Waals surface area contributed by atoms with Crippen molar-refractivity contribution in [2.45, 2.75) is 19.4 Å². The number of fused-ring (bicyclic) bond motifs is 3. The van der Waals surface area contributed by atoms with E-state index in [0.717, 1.165) is 43.0 Å². The van der Waals surface area contributed by atoms with Crippen molar-refractivity contribution in [3.05, 3.63) is 82.9 Å². The van der Waals surface area contributed by atoms with E-state index < -0.39 is 13.2 Å². The van der Waals surface area contributed by atoms with Gasteiger partial charge in [-0.3, -0.25) is 0 Å². The molecule has 5 rings (SSSR count). The van der Waals surface area contributed by atoms with Crippen LogP contribution < -0.4 is 21.0 Å². The molecule has 1 saturated heterocycles. The lowest BCUT2D eigenvalue weighted by molar-refractivity contribution is 0.142. The van der Waals surface area contributed by atoms with Crippen molar-refractivity contribution in [2.75, 3.05) is 37.7 Å². The lowest BCUT2D eigenvalue weighted by Gasteiger charge is -2.32. The van der Waals surface area contributed by atoms with Crippen LogP contribution in [0.25, 0.3) is 11.1 Å². The number of nitrogens with zero attached hydrogens (tertiary/aromatic N) is 1. The lowest BCUT2D eigenvalue weighted by Crippen LogP contribution is -2.45. The van der Waals surface area contributed by atoms with Gasteiger partial charge in [-0.05, 0) is 51.8 Å². The molecule has 7 nitrogen and oxygen atoms in total. The summed E-state index contributed by atoms with van der Waals surface area (Å²) in [6.07, 6.45) is -0.498. The van der Waals surface area contributed by atoms with E-state index >= 15 is 0 Å². The van der Waals surface area contributed by atoms with Gasteiger partial charge in [-0.2, -0.15) is 0 Å². The fourth-order valence-electron chi connectivity index (χ4n) is 5.21.